The first-order chi connectivity index (χ1) is 16.7. The minimum Gasteiger partial charge on any atom is -0.496 e. The van der Waals surface area contributed by atoms with E-state index in [2.05, 4.69) is 10.1 Å². The molecule has 0 spiro atoms. The summed E-state index contributed by atoms with van der Waals surface area (Å²) in [5, 5.41) is 13.4. The smallest absolute Gasteiger partial charge is 0.417 e. The SMILES string of the molecule is CCCc1nn(-c2ccc(C(F)(F)F)cn2)cc1CCCOc1ccc(CCC(=O)O)c(OC)c1. The van der Waals surface area contributed by atoms with E-state index >= 15 is 0 Å². The van der Waals surface area contributed by atoms with Crippen molar-refractivity contribution in [2.24, 2.45) is 0 Å². The van der Waals surface area contributed by atoms with E-state index in [1.807, 2.05) is 6.92 Å². The summed E-state index contributed by atoms with van der Waals surface area (Å²) in [5.74, 6) is 0.666. The maximum Gasteiger partial charge on any atom is 0.417 e. The van der Waals surface area contributed by atoms with E-state index in [0.717, 1.165) is 41.9 Å². The number of aromatic nitrogens is 3. The van der Waals surface area contributed by atoms with Crippen LogP contribution in [0.2, 0.25) is 0 Å². The maximum absolute atomic E-state index is 12.8. The number of alkyl halides is 3. The number of nitrogens with zero attached hydrogens (tertiary/aromatic N) is 3. The zero-order valence-electron chi connectivity index (χ0n) is 19.6. The molecule has 0 radical (unpaired) electrons. The summed E-state index contributed by atoms with van der Waals surface area (Å²) in [6.45, 7) is 2.47. The number of carboxylic acids is 1. The van der Waals surface area contributed by atoms with E-state index in [1.165, 1.54) is 17.9 Å². The van der Waals surface area contributed by atoms with Crippen LogP contribution in [0.25, 0.3) is 5.82 Å². The Kier molecular flexibility index (Phi) is 8.73. The van der Waals surface area contributed by atoms with Crippen LogP contribution in [0.4, 0.5) is 13.2 Å². The maximum atomic E-state index is 12.8. The number of carbonyl (C=O) groups is 1. The minimum atomic E-state index is -4.43. The Hall–Kier alpha value is -3.56. The first-order valence-corrected chi connectivity index (χ1v) is 11.3. The van der Waals surface area contributed by atoms with Crippen molar-refractivity contribution < 1.29 is 32.5 Å². The van der Waals surface area contributed by atoms with Gasteiger partial charge in [0.05, 0.1) is 25.0 Å². The Bertz CT molecular complexity index is 1130. The molecule has 7 nitrogen and oxygen atoms in total. The van der Waals surface area contributed by atoms with E-state index < -0.39 is 17.7 Å². The highest BCUT2D eigenvalue weighted by Crippen LogP contribution is 2.29. The van der Waals surface area contributed by atoms with E-state index in [1.54, 1.807) is 24.4 Å². The molecule has 2 heterocycles. The number of aryl methyl sites for hydroxylation is 3. The Morgan fingerprint density at radius 3 is 2.54 bits per heavy atom. The number of hydrogen-bond acceptors (Lipinski definition) is 5. The molecule has 0 unspecified atom stereocenters. The molecule has 0 aliphatic rings. The fourth-order valence-electron chi connectivity index (χ4n) is 3.62. The fourth-order valence-corrected chi connectivity index (χ4v) is 3.62. The van der Waals surface area contributed by atoms with Crippen LogP contribution >= 0.6 is 0 Å². The first kappa shape index (κ1) is 26.1. The van der Waals surface area contributed by atoms with E-state index in [4.69, 9.17) is 14.6 Å². The number of aliphatic carboxylic acids is 1. The van der Waals surface area contributed by atoms with Gasteiger partial charge < -0.3 is 14.6 Å². The molecule has 188 valence electrons. The van der Waals surface area contributed by atoms with Crippen LogP contribution in [-0.2, 0) is 30.2 Å². The number of halogens is 3. The fraction of sp³-hybridized carbons (Fsp3) is 0.400. The van der Waals surface area contributed by atoms with Crippen LogP contribution in [-0.4, -0.2) is 39.6 Å². The van der Waals surface area contributed by atoms with Crippen molar-refractivity contribution in [1.82, 2.24) is 14.8 Å². The highest BCUT2D eigenvalue weighted by molar-refractivity contribution is 5.67. The number of benzene rings is 1. The molecule has 0 amide bonds. The Labute approximate surface area is 201 Å². The molecule has 2 aromatic heterocycles. The highest BCUT2D eigenvalue weighted by Gasteiger charge is 2.30. The molecule has 0 aliphatic carbocycles. The molecule has 0 atom stereocenters. The minimum absolute atomic E-state index is 0.0202. The zero-order chi connectivity index (χ0) is 25.4. The van der Waals surface area contributed by atoms with Crippen molar-refractivity contribution in [3.63, 3.8) is 0 Å². The van der Waals surface area contributed by atoms with Crippen LogP contribution in [0.5, 0.6) is 11.5 Å². The second-order valence-electron chi connectivity index (χ2n) is 8.02. The summed E-state index contributed by atoms with van der Waals surface area (Å²) < 4.78 is 51.1. The Morgan fingerprint density at radius 1 is 1.11 bits per heavy atom. The third-order valence-electron chi connectivity index (χ3n) is 5.40. The van der Waals surface area contributed by atoms with Gasteiger partial charge in [0.25, 0.3) is 0 Å². The molecule has 0 fully saturated rings. The van der Waals surface area contributed by atoms with Gasteiger partial charge in [-0.3, -0.25) is 4.79 Å². The van der Waals surface area contributed by atoms with Crippen molar-refractivity contribution in [2.45, 2.75) is 51.6 Å². The van der Waals surface area contributed by atoms with Crippen LogP contribution in [0.1, 0.15) is 48.6 Å². The topological polar surface area (TPSA) is 86.5 Å². The lowest BCUT2D eigenvalue weighted by atomic mass is 10.1. The molecule has 1 aromatic carbocycles. The predicted octanol–water partition coefficient (Wildman–Crippen LogP) is 5.28. The Morgan fingerprint density at radius 2 is 1.91 bits per heavy atom. The van der Waals surface area contributed by atoms with Crippen LogP contribution < -0.4 is 9.47 Å². The summed E-state index contributed by atoms with van der Waals surface area (Å²) in [6, 6.07) is 7.65. The lowest BCUT2D eigenvalue weighted by Crippen LogP contribution is -2.07. The molecule has 3 rings (SSSR count). The van der Waals surface area contributed by atoms with Gasteiger partial charge in [-0.1, -0.05) is 19.4 Å². The van der Waals surface area contributed by atoms with Crippen LogP contribution in [0, 0.1) is 0 Å². The van der Waals surface area contributed by atoms with Crippen molar-refractivity contribution in [1.29, 1.82) is 0 Å². The molecular weight excluding hydrogens is 463 g/mol. The largest absolute Gasteiger partial charge is 0.496 e. The second kappa shape index (κ2) is 11.7. The lowest BCUT2D eigenvalue weighted by Gasteiger charge is -2.11. The van der Waals surface area contributed by atoms with Gasteiger partial charge in [0.1, 0.15) is 11.5 Å². The number of hydrogen-bond donors (Lipinski definition) is 1. The summed E-state index contributed by atoms with van der Waals surface area (Å²) in [6.07, 6.45) is 1.59. The summed E-state index contributed by atoms with van der Waals surface area (Å²) in [5.41, 5.74) is 1.89. The van der Waals surface area contributed by atoms with Gasteiger partial charge in [-0.2, -0.15) is 18.3 Å². The molecule has 1 N–H and O–H groups in total. The summed E-state index contributed by atoms with van der Waals surface area (Å²) >= 11 is 0. The molecular formula is C25H28F3N3O4. The van der Waals surface area contributed by atoms with Crippen LogP contribution in [0.3, 0.4) is 0 Å². The summed E-state index contributed by atoms with van der Waals surface area (Å²) in [4.78, 5) is 14.7. The van der Waals surface area contributed by atoms with Crippen molar-refractivity contribution in [2.75, 3.05) is 13.7 Å². The normalized spacial score (nSPS) is 11.5. The zero-order valence-corrected chi connectivity index (χ0v) is 19.6. The third-order valence-corrected chi connectivity index (χ3v) is 5.40. The molecule has 0 bridgehead atoms. The van der Waals surface area contributed by atoms with Gasteiger partial charge >= 0.3 is 12.1 Å². The average Bonchev–Trinajstić information content (AvgIpc) is 3.23. The molecule has 3 aromatic rings. The molecule has 10 heteroatoms. The molecule has 0 saturated heterocycles. The van der Waals surface area contributed by atoms with Crippen molar-refractivity contribution >= 4 is 5.97 Å². The first-order valence-electron chi connectivity index (χ1n) is 11.3. The summed E-state index contributed by atoms with van der Waals surface area (Å²) in [7, 11) is 1.53. The third kappa shape index (κ3) is 7.21. The molecule has 0 aliphatic heterocycles. The Balaban J connectivity index is 1.61. The van der Waals surface area contributed by atoms with Crippen molar-refractivity contribution in [3.05, 3.63) is 65.1 Å². The van der Waals surface area contributed by atoms with Gasteiger partial charge in [-0.25, -0.2) is 9.67 Å². The lowest BCUT2D eigenvalue weighted by molar-refractivity contribution is -0.138. The van der Waals surface area contributed by atoms with Crippen LogP contribution in [0.15, 0.2) is 42.7 Å². The van der Waals surface area contributed by atoms with Gasteiger partial charge in [-0.15, -0.1) is 0 Å². The number of methoxy groups -OCH3 is 1. The van der Waals surface area contributed by atoms with E-state index in [9.17, 15) is 18.0 Å². The van der Waals surface area contributed by atoms with Gasteiger partial charge in [0.2, 0.25) is 0 Å². The molecule has 35 heavy (non-hydrogen) atoms. The monoisotopic (exact) mass is 491 g/mol. The second-order valence-corrected chi connectivity index (χ2v) is 8.02. The number of ether oxygens (including phenoxy) is 2. The highest BCUT2D eigenvalue weighted by atomic mass is 19.4. The van der Waals surface area contributed by atoms with E-state index in [-0.39, 0.29) is 6.42 Å². The predicted molar refractivity (Wildman–Crippen MR) is 123 cm³/mol. The van der Waals surface area contributed by atoms with Gasteiger partial charge in [0, 0.05) is 24.9 Å². The molecule has 0 saturated carbocycles. The number of carboxylic acid groups (broad SMARTS) is 1. The van der Waals surface area contributed by atoms with Crippen molar-refractivity contribution in [3.8, 4) is 17.3 Å². The van der Waals surface area contributed by atoms with E-state index in [0.29, 0.717) is 43.2 Å². The number of rotatable bonds is 12. The standard InChI is InChI=1S/C25H28F3N3O4/c1-3-5-21-18(16-31(30-21)23-11-9-19(15-29-23)25(26,27)28)6-4-13-35-20-10-7-17(8-12-24(32)33)22(14-20)34-2/h7,9-11,14-16H,3-6,8,12-13H2,1-2H3,(H,32,33). The van der Waals surface area contributed by atoms with Gasteiger partial charge in [0.15, 0.2) is 5.82 Å². The van der Waals surface area contributed by atoms with Gasteiger partial charge in [-0.05, 0) is 55.0 Å². The average molecular weight is 492 g/mol. The quantitative estimate of drug-likeness (QED) is 0.347. The number of pyridine rings is 1.